The molecule has 1 aliphatic rings. The quantitative estimate of drug-likeness (QED) is 0.380. The summed E-state index contributed by atoms with van der Waals surface area (Å²) in [7, 11) is 0. The number of aliphatic hydroxyl groups is 1. The lowest BCUT2D eigenvalue weighted by atomic mass is 9.93. The van der Waals surface area contributed by atoms with Gasteiger partial charge in [0, 0.05) is 5.56 Å². The number of aromatic nitrogens is 2. The van der Waals surface area contributed by atoms with Crippen molar-refractivity contribution in [1.82, 2.24) is 10.2 Å². The van der Waals surface area contributed by atoms with Gasteiger partial charge in [-0.25, -0.2) is 0 Å². The second kappa shape index (κ2) is 7.84. The first-order valence-electron chi connectivity index (χ1n) is 9.62. The van der Waals surface area contributed by atoms with E-state index in [-0.39, 0.29) is 11.3 Å². The highest BCUT2D eigenvalue weighted by Crippen LogP contribution is 2.42. The van der Waals surface area contributed by atoms with Crippen LogP contribution >= 0.6 is 11.3 Å². The number of ketones is 1. The average Bonchev–Trinajstić information content (AvgIpc) is 3.35. The van der Waals surface area contributed by atoms with Gasteiger partial charge in [-0.2, -0.15) is 0 Å². The predicted octanol–water partition coefficient (Wildman–Crippen LogP) is 4.60. The van der Waals surface area contributed by atoms with Crippen molar-refractivity contribution in [1.29, 1.82) is 0 Å². The Hall–Kier alpha value is -3.32. The number of nitrogens with zero attached hydrogens (tertiary/aromatic N) is 3. The molecule has 2 heterocycles. The second-order valence-electron chi connectivity index (χ2n) is 7.58. The van der Waals surface area contributed by atoms with Crippen molar-refractivity contribution < 1.29 is 14.7 Å². The Labute approximate surface area is 178 Å². The molecule has 1 saturated heterocycles. The van der Waals surface area contributed by atoms with E-state index in [0.29, 0.717) is 16.6 Å². The van der Waals surface area contributed by atoms with Gasteiger partial charge in [0.2, 0.25) is 5.13 Å². The van der Waals surface area contributed by atoms with Gasteiger partial charge in [-0.3, -0.25) is 14.5 Å². The number of carbonyl (C=O) groups excluding carboxylic acids is 2. The van der Waals surface area contributed by atoms with Crippen molar-refractivity contribution in [2.45, 2.75) is 32.7 Å². The molecule has 1 fully saturated rings. The Morgan fingerprint density at radius 1 is 1.07 bits per heavy atom. The zero-order valence-electron chi connectivity index (χ0n) is 16.9. The summed E-state index contributed by atoms with van der Waals surface area (Å²) < 4.78 is 0. The van der Waals surface area contributed by atoms with Crippen LogP contribution in [0.4, 0.5) is 5.13 Å². The topological polar surface area (TPSA) is 83.4 Å². The number of amides is 1. The van der Waals surface area contributed by atoms with Gasteiger partial charge in [-0.05, 0) is 24.0 Å². The van der Waals surface area contributed by atoms with Gasteiger partial charge >= 0.3 is 5.91 Å². The Kier molecular flexibility index (Phi) is 5.22. The summed E-state index contributed by atoms with van der Waals surface area (Å²) in [6.07, 6.45) is 0. The van der Waals surface area contributed by atoms with Gasteiger partial charge < -0.3 is 5.11 Å². The van der Waals surface area contributed by atoms with Gasteiger partial charge in [0.25, 0.3) is 5.78 Å². The van der Waals surface area contributed by atoms with Crippen LogP contribution in [0.2, 0.25) is 0 Å². The maximum Gasteiger partial charge on any atom is 0.301 e. The van der Waals surface area contributed by atoms with Gasteiger partial charge in [0.05, 0.1) is 11.6 Å². The highest BCUT2D eigenvalue weighted by Gasteiger charge is 2.48. The minimum absolute atomic E-state index is 0.0522. The molecule has 0 bridgehead atoms. The number of aliphatic hydroxyl groups excluding tert-OH is 1. The molecule has 1 aromatic heterocycles. The first-order chi connectivity index (χ1) is 14.4. The van der Waals surface area contributed by atoms with Crippen molar-refractivity contribution in [2.24, 2.45) is 0 Å². The van der Waals surface area contributed by atoms with Crippen LogP contribution in [-0.2, 0) is 9.59 Å². The third kappa shape index (κ3) is 3.41. The van der Waals surface area contributed by atoms with Crippen LogP contribution in [0.1, 0.15) is 48.1 Å². The molecule has 0 spiro atoms. The summed E-state index contributed by atoms with van der Waals surface area (Å²) in [5.74, 6) is -1.31. The summed E-state index contributed by atoms with van der Waals surface area (Å²) in [5, 5.41) is 19.2. The molecule has 0 aliphatic carbocycles. The summed E-state index contributed by atoms with van der Waals surface area (Å²) in [5.41, 5.74) is 4.94. The number of aryl methyl sites for hydroxylation is 1. The fourth-order valence-corrected chi connectivity index (χ4v) is 4.13. The third-order valence-electron chi connectivity index (χ3n) is 5.24. The monoisotopic (exact) mass is 419 g/mol. The van der Waals surface area contributed by atoms with Gasteiger partial charge in [0.1, 0.15) is 11.3 Å². The first kappa shape index (κ1) is 20.0. The van der Waals surface area contributed by atoms with E-state index in [1.54, 1.807) is 12.1 Å². The van der Waals surface area contributed by atoms with Crippen molar-refractivity contribution >= 4 is 33.9 Å². The van der Waals surface area contributed by atoms with Crippen LogP contribution in [0.15, 0.2) is 59.6 Å². The molecular formula is C23H21N3O3S. The van der Waals surface area contributed by atoms with Gasteiger partial charge in [-0.15, -0.1) is 10.2 Å². The van der Waals surface area contributed by atoms with Crippen LogP contribution in [0.5, 0.6) is 0 Å². The maximum atomic E-state index is 13.0. The minimum atomic E-state index is -0.777. The normalized spacial score (nSPS) is 18.4. The summed E-state index contributed by atoms with van der Waals surface area (Å²) in [6, 6.07) is 14.1. The highest BCUT2D eigenvalue weighted by atomic mass is 32.1. The van der Waals surface area contributed by atoms with Crippen molar-refractivity contribution in [2.75, 3.05) is 4.90 Å². The standard InChI is InChI=1S/C23H21N3O3S/c1-13(2)15-8-10-16(11-9-15)19-18(20(27)17-6-4-14(3)5-7-17)21(28)22(29)26(19)23-25-24-12-30-23/h4-13,19,27H,1-3H3/b20-18-. The van der Waals surface area contributed by atoms with E-state index < -0.39 is 17.7 Å². The first-order valence-corrected chi connectivity index (χ1v) is 10.5. The van der Waals surface area contributed by atoms with Crippen molar-refractivity contribution in [3.05, 3.63) is 81.9 Å². The van der Waals surface area contributed by atoms with Crippen molar-refractivity contribution in [3.8, 4) is 0 Å². The second-order valence-corrected chi connectivity index (χ2v) is 8.39. The summed E-state index contributed by atoms with van der Waals surface area (Å²) in [4.78, 5) is 27.3. The van der Waals surface area contributed by atoms with E-state index in [1.807, 2.05) is 43.3 Å². The number of benzene rings is 2. The van der Waals surface area contributed by atoms with Crippen molar-refractivity contribution in [3.63, 3.8) is 0 Å². The molecule has 30 heavy (non-hydrogen) atoms. The SMILES string of the molecule is Cc1ccc(/C(O)=C2/C(=O)C(=O)N(c3nncs3)C2c2ccc(C(C)C)cc2)cc1. The van der Waals surface area contributed by atoms with Crippen LogP contribution in [0, 0.1) is 6.92 Å². The highest BCUT2D eigenvalue weighted by molar-refractivity contribution is 7.13. The van der Waals surface area contributed by atoms with E-state index in [2.05, 4.69) is 24.0 Å². The molecule has 7 heteroatoms. The van der Waals surface area contributed by atoms with Crippen LogP contribution in [0.3, 0.4) is 0 Å². The van der Waals surface area contributed by atoms with Gasteiger partial charge in [-0.1, -0.05) is 79.3 Å². The average molecular weight is 420 g/mol. The predicted molar refractivity (Wildman–Crippen MR) is 116 cm³/mol. The van der Waals surface area contributed by atoms with E-state index in [0.717, 1.165) is 16.7 Å². The third-order valence-corrected chi connectivity index (χ3v) is 5.93. The molecule has 152 valence electrons. The number of hydrogen-bond acceptors (Lipinski definition) is 6. The molecule has 0 radical (unpaired) electrons. The molecule has 1 aliphatic heterocycles. The Bertz CT molecular complexity index is 1120. The summed E-state index contributed by atoms with van der Waals surface area (Å²) in [6.45, 7) is 6.13. The molecule has 6 nitrogen and oxygen atoms in total. The molecule has 1 atom stereocenters. The largest absolute Gasteiger partial charge is 0.507 e. The molecule has 4 rings (SSSR count). The van der Waals surface area contributed by atoms with Crippen LogP contribution < -0.4 is 4.90 Å². The Balaban J connectivity index is 1.90. The number of carbonyl (C=O) groups is 2. The Morgan fingerprint density at radius 3 is 2.30 bits per heavy atom. The fourth-order valence-electron chi connectivity index (χ4n) is 3.55. The maximum absolute atomic E-state index is 13.0. The number of hydrogen-bond donors (Lipinski definition) is 1. The van der Waals surface area contributed by atoms with Gasteiger partial charge in [0.15, 0.2) is 0 Å². The molecule has 1 N–H and O–H groups in total. The van der Waals surface area contributed by atoms with Crippen LogP contribution in [0.25, 0.3) is 5.76 Å². The smallest absolute Gasteiger partial charge is 0.301 e. The van der Waals surface area contributed by atoms with E-state index in [4.69, 9.17) is 0 Å². The zero-order valence-corrected chi connectivity index (χ0v) is 17.7. The lowest BCUT2D eigenvalue weighted by molar-refractivity contribution is -0.132. The minimum Gasteiger partial charge on any atom is -0.507 e. The lowest BCUT2D eigenvalue weighted by Gasteiger charge is -2.23. The Morgan fingerprint density at radius 2 is 1.73 bits per heavy atom. The fraction of sp³-hybridized carbons (Fsp3) is 0.217. The molecule has 2 aromatic carbocycles. The molecular weight excluding hydrogens is 398 g/mol. The zero-order chi connectivity index (χ0) is 21.4. The number of rotatable bonds is 4. The molecule has 0 saturated carbocycles. The molecule has 1 unspecified atom stereocenters. The number of anilines is 1. The van der Waals surface area contributed by atoms with E-state index in [9.17, 15) is 14.7 Å². The molecule has 1 amide bonds. The summed E-state index contributed by atoms with van der Waals surface area (Å²) >= 11 is 1.17. The lowest BCUT2D eigenvalue weighted by Crippen LogP contribution is -2.29. The van der Waals surface area contributed by atoms with E-state index >= 15 is 0 Å². The van der Waals surface area contributed by atoms with E-state index in [1.165, 1.54) is 21.7 Å². The number of Topliss-reactive ketones (excluding diaryl/α,β-unsaturated/α-hetero) is 1. The van der Waals surface area contributed by atoms with Crippen LogP contribution in [-0.4, -0.2) is 27.0 Å². The molecule has 3 aromatic rings.